The SMILES string of the molecule is COC1NC(Cl)NC(Cl)N1. The van der Waals surface area contributed by atoms with Gasteiger partial charge in [0.2, 0.25) is 0 Å². The van der Waals surface area contributed by atoms with Gasteiger partial charge in [0.15, 0.2) is 6.35 Å². The van der Waals surface area contributed by atoms with Gasteiger partial charge in [0.05, 0.1) is 0 Å². The Morgan fingerprint density at radius 1 is 1.10 bits per heavy atom. The Bertz CT molecular complexity index is 105. The average Bonchev–Trinajstić information content (AvgIpc) is 1.85. The smallest absolute Gasteiger partial charge is 0.167 e. The summed E-state index contributed by atoms with van der Waals surface area (Å²) in [7, 11) is 1.56. The second-order valence-corrected chi connectivity index (χ2v) is 2.71. The van der Waals surface area contributed by atoms with Crippen molar-refractivity contribution >= 4 is 23.2 Å². The predicted molar refractivity (Wildman–Crippen MR) is 39.5 cm³/mol. The zero-order valence-electron chi connectivity index (χ0n) is 5.40. The molecule has 0 aliphatic carbocycles. The zero-order valence-corrected chi connectivity index (χ0v) is 6.91. The molecule has 1 saturated heterocycles. The van der Waals surface area contributed by atoms with E-state index in [0.29, 0.717) is 0 Å². The van der Waals surface area contributed by atoms with Crippen LogP contribution in [0.4, 0.5) is 0 Å². The third-order valence-electron chi connectivity index (χ3n) is 1.12. The topological polar surface area (TPSA) is 45.3 Å². The number of rotatable bonds is 1. The summed E-state index contributed by atoms with van der Waals surface area (Å²) in [6.07, 6.45) is -0.286. The van der Waals surface area contributed by atoms with E-state index in [2.05, 4.69) is 16.0 Å². The Morgan fingerprint density at radius 3 is 2.00 bits per heavy atom. The maximum atomic E-state index is 5.66. The number of ether oxygens (including phenoxy) is 1. The Labute approximate surface area is 69.2 Å². The lowest BCUT2D eigenvalue weighted by Crippen LogP contribution is -2.64. The molecule has 0 radical (unpaired) electrons. The van der Waals surface area contributed by atoms with Gasteiger partial charge >= 0.3 is 0 Å². The number of methoxy groups -OCH3 is 1. The molecule has 4 nitrogen and oxygen atoms in total. The quantitative estimate of drug-likeness (QED) is 0.390. The molecule has 60 valence electrons. The van der Waals surface area contributed by atoms with E-state index in [1.165, 1.54) is 0 Å². The van der Waals surface area contributed by atoms with E-state index >= 15 is 0 Å². The van der Waals surface area contributed by atoms with Crippen LogP contribution in [0.2, 0.25) is 0 Å². The normalized spacial score (nSPS) is 41.7. The van der Waals surface area contributed by atoms with Crippen molar-refractivity contribution in [3.63, 3.8) is 0 Å². The highest BCUT2D eigenvalue weighted by Crippen LogP contribution is 2.00. The van der Waals surface area contributed by atoms with Crippen molar-refractivity contribution < 1.29 is 4.74 Å². The second-order valence-electron chi connectivity index (χ2n) is 1.84. The van der Waals surface area contributed by atoms with Crippen LogP contribution < -0.4 is 16.0 Å². The minimum atomic E-state index is -0.353. The molecule has 0 amide bonds. The van der Waals surface area contributed by atoms with Gasteiger partial charge in [0.25, 0.3) is 0 Å². The summed E-state index contributed by atoms with van der Waals surface area (Å²) in [6, 6.07) is 0. The maximum Gasteiger partial charge on any atom is 0.167 e. The van der Waals surface area contributed by atoms with Crippen LogP contribution in [-0.2, 0) is 4.74 Å². The van der Waals surface area contributed by atoms with E-state index in [4.69, 9.17) is 27.9 Å². The minimum Gasteiger partial charge on any atom is -0.353 e. The van der Waals surface area contributed by atoms with Gasteiger partial charge in [-0.05, 0) is 0 Å². The monoisotopic (exact) mass is 185 g/mol. The van der Waals surface area contributed by atoms with Crippen molar-refractivity contribution in [2.45, 2.75) is 17.6 Å². The number of nitrogens with one attached hydrogen (secondary N) is 3. The van der Waals surface area contributed by atoms with E-state index in [1.54, 1.807) is 7.11 Å². The standard InChI is InChI=1S/C4H9Cl2N3O/c1-10-4-8-2(5)7-3(6)9-4/h2-4,7-9H,1H3. The highest BCUT2D eigenvalue weighted by molar-refractivity contribution is 6.23. The van der Waals surface area contributed by atoms with Crippen molar-refractivity contribution in [1.29, 1.82) is 0 Å². The molecule has 0 aromatic heterocycles. The summed E-state index contributed by atoms with van der Waals surface area (Å²) >= 11 is 11.3. The molecule has 6 heteroatoms. The molecule has 0 aromatic rings. The molecular weight excluding hydrogens is 177 g/mol. The van der Waals surface area contributed by atoms with Gasteiger partial charge in [0.1, 0.15) is 11.2 Å². The van der Waals surface area contributed by atoms with Gasteiger partial charge in [-0.2, -0.15) is 0 Å². The summed E-state index contributed by atoms with van der Waals surface area (Å²) < 4.78 is 4.90. The van der Waals surface area contributed by atoms with Crippen molar-refractivity contribution in [3.8, 4) is 0 Å². The van der Waals surface area contributed by atoms with Crippen LogP contribution in [0, 0.1) is 0 Å². The molecule has 0 spiro atoms. The van der Waals surface area contributed by atoms with E-state index in [0.717, 1.165) is 0 Å². The van der Waals surface area contributed by atoms with Gasteiger partial charge < -0.3 is 4.74 Å². The first kappa shape index (κ1) is 8.52. The molecule has 1 aliphatic rings. The largest absolute Gasteiger partial charge is 0.353 e. The fraction of sp³-hybridized carbons (Fsp3) is 1.00. The Morgan fingerprint density at radius 2 is 1.60 bits per heavy atom. The highest BCUT2D eigenvalue weighted by atomic mass is 35.5. The first-order valence-electron chi connectivity index (χ1n) is 2.81. The fourth-order valence-corrected chi connectivity index (χ4v) is 1.22. The molecule has 2 atom stereocenters. The van der Waals surface area contributed by atoms with Gasteiger partial charge in [-0.3, -0.25) is 16.0 Å². The molecule has 0 aromatic carbocycles. The summed E-state index contributed by atoms with van der Waals surface area (Å²) in [5.41, 5.74) is -0.706. The summed E-state index contributed by atoms with van der Waals surface area (Å²) in [6.45, 7) is 0. The first-order chi connectivity index (χ1) is 4.72. The third kappa shape index (κ3) is 2.23. The van der Waals surface area contributed by atoms with Gasteiger partial charge in [-0.1, -0.05) is 23.2 Å². The average molecular weight is 186 g/mol. The Hall–Kier alpha value is 0.420. The molecule has 2 unspecified atom stereocenters. The molecular formula is C4H9Cl2N3O. The number of alkyl halides is 2. The van der Waals surface area contributed by atoms with E-state index in [1.807, 2.05) is 0 Å². The van der Waals surface area contributed by atoms with Crippen LogP contribution in [0.15, 0.2) is 0 Å². The van der Waals surface area contributed by atoms with Crippen molar-refractivity contribution in [2.24, 2.45) is 0 Å². The highest BCUT2D eigenvalue weighted by Gasteiger charge is 2.22. The summed E-state index contributed by atoms with van der Waals surface area (Å²) in [5, 5.41) is 8.44. The van der Waals surface area contributed by atoms with Crippen molar-refractivity contribution in [3.05, 3.63) is 0 Å². The number of hydrogen-bond donors (Lipinski definition) is 3. The molecule has 0 bridgehead atoms. The van der Waals surface area contributed by atoms with Crippen molar-refractivity contribution in [1.82, 2.24) is 16.0 Å². The predicted octanol–water partition coefficient (Wildman–Crippen LogP) is -0.256. The lowest BCUT2D eigenvalue weighted by Gasteiger charge is -2.31. The maximum absolute atomic E-state index is 5.66. The number of halogens is 2. The van der Waals surface area contributed by atoms with Crippen LogP contribution in [0.5, 0.6) is 0 Å². The molecule has 1 rings (SSSR count). The Kier molecular flexibility index (Phi) is 3.16. The first-order valence-corrected chi connectivity index (χ1v) is 3.69. The molecule has 1 heterocycles. The Balaban J connectivity index is 2.35. The zero-order chi connectivity index (χ0) is 7.56. The van der Waals surface area contributed by atoms with E-state index < -0.39 is 0 Å². The summed E-state index contributed by atoms with van der Waals surface area (Å²) in [4.78, 5) is 0. The molecule has 1 aliphatic heterocycles. The van der Waals surface area contributed by atoms with E-state index in [9.17, 15) is 0 Å². The van der Waals surface area contributed by atoms with Crippen LogP contribution in [0.1, 0.15) is 0 Å². The second kappa shape index (κ2) is 3.71. The molecule has 0 saturated carbocycles. The lowest BCUT2D eigenvalue weighted by atomic mass is 10.7. The summed E-state index contributed by atoms with van der Waals surface area (Å²) in [5.74, 6) is 0. The molecule has 10 heavy (non-hydrogen) atoms. The van der Waals surface area contributed by atoms with Crippen molar-refractivity contribution in [2.75, 3.05) is 7.11 Å². The van der Waals surface area contributed by atoms with Gasteiger partial charge in [-0.25, -0.2) is 0 Å². The van der Waals surface area contributed by atoms with Crippen LogP contribution in [0.25, 0.3) is 0 Å². The van der Waals surface area contributed by atoms with Crippen LogP contribution >= 0.6 is 23.2 Å². The van der Waals surface area contributed by atoms with Gasteiger partial charge in [-0.15, -0.1) is 0 Å². The third-order valence-corrected chi connectivity index (χ3v) is 1.63. The van der Waals surface area contributed by atoms with Crippen LogP contribution in [0.3, 0.4) is 0 Å². The minimum absolute atomic E-state index is 0.286. The van der Waals surface area contributed by atoms with Crippen LogP contribution in [-0.4, -0.2) is 24.7 Å². The molecule has 3 N–H and O–H groups in total. The molecule has 1 fully saturated rings. The lowest BCUT2D eigenvalue weighted by molar-refractivity contribution is 0.0157. The number of hydrogen-bond acceptors (Lipinski definition) is 4. The van der Waals surface area contributed by atoms with Gasteiger partial charge in [0, 0.05) is 7.11 Å². The fourth-order valence-electron chi connectivity index (χ4n) is 0.675. The van der Waals surface area contributed by atoms with E-state index in [-0.39, 0.29) is 17.6 Å².